The van der Waals surface area contributed by atoms with Gasteiger partial charge in [0.15, 0.2) is 11.9 Å². The summed E-state index contributed by atoms with van der Waals surface area (Å²) in [6, 6.07) is 3.87. The molecule has 100 valence electrons. The number of ether oxygens (including phenoxy) is 1. The summed E-state index contributed by atoms with van der Waals surface area (Å²) >= 11 is 5.74. The van der Waals surface area contributed by atoms with Gasteiger partial charge in [-0.3, -0.25) is 14.9 Å². The van der Waals surface area contributed by atoms with Gasteiger partial charge in [0.05, 0.1) is 11.5 Å². The van der Waals surface area contributed by atoms with Crippen molar-refractivity contribution in [3.63, 3.8) is 0 Å². The standard InChI is InChI=1S/C12H11ClN2O4/c1-3-6-14-12(16)8(2)19-11-7-9(13)4-5-10(11)15(17)18/h1,4-5,7-8H,6H2,2H3,(H,14,16). The maximum atomic E-state index is 11.5. The van der Waals surface area contributed by atoms with Gasteiger partial charge in [-0.15, -0.1) is 6.42 Å². The van der Waals surface area contributed by atoms with Gasteiger partial charge in [-0.2, -0.15) is 0 Å². The third kappa shape index (κ3) is 4.16. The van der Waals surface area contributed by atoms with Crippen molar-refractivity contribution < 1.29 is 14.5 Å². The second kappa shape index (κ2) is 6.61. The van der Waals surface area contributed by atoms with Crippen LogP contribution in [-0.2, 0) is 4.79 Å². The molecule has 0 aliphatic heterocycles. The molecule has 1 amide bonds. The van der Waals surface area contributed by atoms with Crippen LogP contribution in [-0.4, -0.2) is 23.5 Å². The normalized spacial score (nSPS) is 11.2. The van der Waals surface area contributed by atoms with Crippen LogP contribution in [0.5, 0.6) is 5.75 Å². The summed E-state index contributed by atoms with van der Waals surface area (Å²) in [7, 11) is 0. The van der Waals surface area contributed by atoms with Gasteiger partial charge in [0, 0.05) is 17.2 Å². The molecular formula is C12H11ClN2O4. The zero-order valence-corrected chi connectivity index (χ0v) is 10.8. The summed E-state index contributed by atoms with van der Waals surface area (Å²) in [4.78, 5) is 21.7. The van der Waals surface area contributed by atoms with Crippen molar-refractivity contribution >= 4 is 23.2 Å². The fraction of sp³-hybridized carbons (Fsp3) is 0.250. The molecule has 0 heterocycles. The number of terminal acetylenes is 1. The summed E-state index contributed by atoms with van der Waals surface area (Å²) in [5, 5.41) is 13.5. The highest BCUT2D eigenvalue weighted by Gasteiger charge is 2.21. The molecule has 0 aliphatic carbocycles. The molecule has 6 nitrogen and oxygen atoms in total. The van der Waals surface area contributed by atoms with E-state index in [4.69, 9.17) is 22.8 Å². The summed E-state index contributed by atoms with van der Waals surface area (Å²) in [5.41, 5.74) is -0.263. The van der Waals surface area contributed by atoms with Crippen LogP contribution in [0.15, 0.2) is 18.2 Å². The Morgan fingerprint density at radius 3 is 2.95 bits per heavy atom. The van der Waals surface area contributed by atoms with Crippen LogP contribution in [0, 0.1) is 22.5 Å². The zero-order chi connectivity index (χ0) is 14.4. The molecule has 0 radical (unpaired) electrons. The van der Waals surface area contributed by atoms with E-state index in [0.29, 0.717) is 0 Å². The van der Waals surface area contributed by atoms with Crippen LogP contribution in [0.3, 0.4) is 0 Å². The number of carbonyl (C=O) groups excluding carboxylic acids is 1. The van der Waals surface area contributed by atoms with Crippen LogP contribution in [0.4, 0.5) is 5.69 Å². The van der Waals surface area contributed by atoms with Crippen LogP contribution in [0.25, 0.3) is 0 Å². The molecule has 1 aromatic rings. The average Bonchev–Trinajstić information content (AvgIpc) is 2.35. The quantitative estimate of drug-likeness (QED) is 0.507. The maximum absolute atomic E-state index is 11.5. The van der Waals surface area contributed by atoms with Crippen LogP contribution in [0.1, 0.15) is 6.92 Å². The molecule has 1 rings (SSSR count). The lowest BCUT2D eigenvalue weighted by Gasteiger charge is -2.13. The molecule has 0 spiro atoms. The minimum atomic E-state index is -0.925. The van der Waals surface area contributed by atoms with Gasteiger partial charge in [-0.05, 0) is 13.0 Å². The first-order chi connectivity index (χ1) is 8.95. The molecule has 0 saturated carbocycles. The molecule has 0 fully saturated rings. The summed E-state index contributed by atoms with van der Waals surface area (Å²) in [6.45, 7) is 1.51. The minimum Gasteiger partial charge on any atom is -0.474 e. The highest BCUT2D eigenvalue weighted by molar-refractivity contribution is 6.30. The Bertz CT molecular complexity index is 539. The lowest BCUT2D eigenvalue weighted by atomic mass is 10.3. The molecular weight excluding hydrogens is 272 g/mol. The fourth-order valence-electron chi connectivity index (χ4n) is 1.26. The Kier molecular flexibility index (Phi) is 5.15. The van der Waals surface area contributed by atoms with Gasteiger partial charge in [-0.1, -0.05) is 17.5 Å². The first-order valence-corrected chi connectivity index (χ1v) is 5.65. The molecule has 7 heteroatoms. The van der Waals surface area contributed by atoms with Gasteiger partial charge in [0.1, 0.15) is 0 Å². The van der Waals surface area contributed by atoms with Gasteiger partial charge in [-0.25, -0.2) is 0 Å². The van der Waals surface area contributed by atoms with Crippen LogP contribution in [0.2, 0.25) is 5.02 Å². The van der Waals surface area contributed by atoms with Crippen molar-refractivity contribution in [2.24, 2.45) is 0 Å². The van der Waals surface area contributed by atoms with E-state index in [1.54, 1.807) is 0 Å². The molecule has 1 aromatic carbocycles. The number of nitrogens with zero attached hydrogens (tertiary/aromatic N) is 1. The molecule has 0 bridgehead atoms. The number of nitro benzene ring substituents is 1. The number of hydrogen-bond acceptors (Lipinski definition) is 4. The number of rotatable bonds is 5. The summed E-state index contributed by atoms with van der Waals surface area (Å²) < 4.78 is 5.24. The van der Waals surface area contributed by atoms with Crippen molar-refractivity contribution in [2.45, 2.75) is 13.0 Å². The molecule has 1 atom stereocenters. The van der Waals surface area contributed by atoms with E-state index >= 15 is 0 Å². The number of amides is 1. The minimum absolute atomic E-state index is 0.0597. The van der Waals surface area contributed by atoms with E-state index in [2.05, 4.69) is 11.2 Å². The predicted molar refractivity (Wildman–Crippen MR) is 70.0 cm³/mol. The Morgan fingerprint density at radius 1 is 1.68 bits per heavy atom. The smallest absolute Gasteiger partial charge is 0.311 e. The van der Waals surface area contributed by atoms with Crippen molar-refractivity contribution in [3.05, 3.63) is 33.3 Å². The number of benzene rings is 1. The molecule has 0 aliphatic rings. The predicted octanol–water partition coefficient (Wildman–Crippen LogP) is 1.76. The Morgan fingerprint density at radius 2 is 2.37 bits per heavy atom. The SMILES string of the molecule is C#CCNC(=O)C(C)Oc1cc(Cl)ccc1[N+](=O)[O-]. The van der Waals surface area contributed by atoms with Crippen molar-refractivity contribution in [1.29, 1.82) is 0 Å². The summed E-state index contributed by atoms with van der Waals surface area (Å²) in [5.74, 6) is 1.71. The fourth-order valence-corrected chi connectivity index (χ4v) is 1.42. The van der Waals surface area contributed by atoms with Crippen molar-refractivity contribution in [3.8, 4) is 18.1 Å². The maximum Gasteiger partial charge on any atom is 0.311 e. The van der Waals surface area contributed by atoms with Gasteiger partial charge in [0.2, 0.25) is 0 Å². The second-order valence-corrected chi connectivity index (χ2v) is 3.99. The Balaban J connectivity index is 2.87. The lowest BCUT2D eigenvalue weighted by molar-refractivity contribution is -0.386. The van der Waals surface area contributed by atoms with Crippen LogP contribution < -0.4 is 10.1 Å². The van der Waals surface area contributed by atoms with E-state index in [1.165, 1.54) is 25.1 Å². The largest absolute Gasteiger partial charge is 0.474 e. The van der Waals surface area contributed by atoms with E-state index in [0.717, 1.165) is 0 Å². The molecule has 19 heavy (non-hydrogen) atoms. The first-order valence-electron chi connectivity index (χ1n) is 5.27. The second-order valence-electron chi connectivity index (χ2n) is 3.55. The van der Waals surface area contributed by atoms with E-state index in [1.807, 2.05) is 0 Å². The van der Waals surface area contributed by atoms with E-state index < -0.39 is 16.9 Å². The van der Waals surface area contributed by atoms with Crippen molar-refractivity contribution in [1.82, 2.24) is 5.32 Å². The zero-order valence-electron chi connectivity index (χ0n) is 10.1. The Hall–Kier alpha value is -2.26. The third-order valence-electron chi connectivity index (χ3n) is 2.16. The summed E-state index contributed by atoms with van der Waals surface area (Å²) in [6.07, 6.45) is 4.08. The number of hydrogen-bond donors (Lipinski definition) is 1. The number of nitro groups is 1. The molecule has 1 unspecified atom stereocenters. The van der Waals surface area contributed by atoms with E-state index in [9.17, 15) is 14.9 Å². The average molecular weight is 283 g/mol. The number of carbonyl (C=O) groups is 1. The van der Waals surface area contributed by atoms with Gasteiger partial charge < -0.3 is 10.1 Å². The monoisotopic (exact) mass is 282 g/mol. The van der Waals surface area contributed by atoms with Crippen LogP contribution >= 0.6 is 11.6 Å². The Labute approximate surface area is 114 Å². The van der Waals surface area contributed by atoms with E-state index in [-0.39, 0.29) is 23.0 Å². The molecule has 1 N–H and O–H groups in total. The van der Waals surface area contributed by atoms with Gasteiger partial charge >= 0.3 is 5.69 Å². The number of halogens is 1. The lowest BCUT2D eigenvalue weighted by Crippen LogP contribution is -2.36. The highest BCUT2D eigenvalue weighted by atomic mass is 35.5. The highest BCUT2D eigenvalue weighted by Crippen LogP contribution is 2.30. The first kappa shape index (κ1) is 14.8. The molecule has 0 aromatic heterocycles. The van der Waals surface area contributed by atoms with Crippen molar-refractivity contribution in [2.75, 3.05) is 6.54 Å². The third-order valence-corrected chi connectivity index (χ3v) is 2.39. The molecule has 0 saturated heterocycles. The topological polar surface area (TPSA) is 81.5 Å². The number of nitrogens with one attached hydrogen (secondary N) is 1. The van der Waals surface area contributed by atoms with Gasteiger partial charge in [0.25, 0.3) is 5.91 Å².